The van der Waals surface area contributed by atoms with Crippen molar-refractivity contribution in [2.45, 2.75) is 20.3 Å². The first kappa shape index (κ1) is 16.7. The molecule has 1 heterocycles. The number of hydrogen-bond acceptors (Lipinski definition) is 3. The molecular formula is C21H20N2O2. The van der Waals surface area contributed by atoms with E-state index in [0.29, 0.717) is 12.2 Å². The SMILES string of the molecule is Cc1ccc(C)c(CC(=O)Nc2ccc(Oc3ccncc3)cc2)c1. The van der Waals surface area contributed by atoms with Crippen LogP contribution in [0.5, 0.6) is 11.5 Å². The molecule has 1 aromatic heterocycles. The van der Waals surface area contributed by atoms with Crippen molar-refractivity contribution >= 4 is 11.6 Å². The van der Waals surface area contributed by atoms with Crippen molar-refractivity contribution in [3.8, 4) is 11.5 Å². The number of carbonyl (C=O) groups is 1. The Hall–Kier alpha value is -3.14. The van der Waals surface area contributed by atoms with Crippen molar-refractivity contribution in [3.05, 3.63) is 83.7 Å². The van der Waals surface area contributed by atoms with Gasteiger partial charge in [-0.05, 0) is 61.4 Å². The predicted octanol–water partition coefficient (Wildman–Crippen LogP) is 4.67. The molecule has 0 aliphatic carbocycles. The molecule has 1 N–H and O–H groups in total. The van der Waals surface area contributed by atoms with Gasteiger partial charge in [0.25, 0.3) is 0 Å². The molecule has 4 nitrogen and oxygen atoms in total. The summed E-state index contributed by atoms with van der Waals surface area (Å²) in [7, 11) is 0. The molecule has 0 aliphatic rings. The van der Waals surface area contributed by atoms with E-state index < -0.39 is 0 Å². The van der Waals surface area contributed by atoms with E-state index in [9.17, 15) is 4.79 Å². The fourth-order valence-corrected chi connectivity index (χ4v) is 2.52. The van der Waals surface area contributed by atoms with Crippen LogP contribution >= 0.6 is 0 Å². The number of nitrogens with zero attached hydrogens (tertiary/aromatic N) is 1. The smallest absolute Gasteiger partial charge is 0.228 e. The number of rotatable bonds is 5. The van der Waals surface area contributed by atoms with Crippen LogP contribution in [0.3, 0.4) is 0 Å². The van der Waals surface area contributed by atoms with Crippen molar-refractivity contribution in [2.24, 2.45) is 0 Å². The van der Waals surface area contributed by atoms with E-state index in [4.69, 9.17) is 4.74 Å². The van der Waals surface area contributed by atoms with E-state index in [2.05, 4.69) is 22.4 Å². The number of nitrogens with one attached hydrogen (secondary N) is 1. The van der Waals surface area contributed by atoms with Gasteiger partial charge >= 0.3 is 0 Å². The van der Waals surface area contributed by atoms with E-state index in [1.165, 1.54) is 0 Å². The van der Waals surface area contributed by atoms with Gasteiger partial charge in [0.15, 0.2) is 0 Å². The summed E-state index contributed by atoms with van der Waals surface area (Å²) >= 11 is 0. The van der Waals surface area contributed by atoms with Crippen LogP contribution in [0.2, 0.25) is 0 Å². The number of amides is 1. The molecule has 0 spiro atoms. The number of aryl methyl sites for hydroxylation is 2. The third kappa shape index (κ3) is 4.67. The summed E-state index contributed by atoms with van der Waals surface area (Å²) in [5.74, 6) is 1.40. The van der Waals surface area contributed by atoms with Crippen molar-refractivity contribution < 1.29 is 9.53 Å². The lowest BCUT2D eigenvalue weighted by Gasteiger charge is -2.10. The standard InChI is InChI=1S/C21H20N2O2/c1-15-3-4-16(2)17(13-15)14-21(24)23-18-5-7-19(8-6-18)25-20-9-11-22-12-10-20/h3-13H,14H2,1-2H3,(H,23,24). The van der Waals surface area contributed by atoms with Crippen molar-refractivity contribution in [3.63, 3.8) is 0 Å². The summed E-state index contributed by atoms with van der Waals surface area (Å²) in [6, 6.07) is 17.1. The highest BCUT2D eigenvalue weighted by atomic mass is 16.5. The zero-order valence-electron chi connectivity index (χ0n) is 14.3. The molecule has 126 valence electrons. The maximum Gasteiger partial charge on any atom is 0.228 e. The minimum atomic E-state index is -0.0310. The van der Waals surface area contributed by atoms with Crippen molar-refractivity contribution in [1.29, 1.82) is 0 Å². The molecule has 0 unspecified atom stereocenters. The second-order valence-electron chi connectivity index (χ2n) is 5.96. The Bertz CT molecular complexity index is 859. The van der Waals surface area contributed by atoms with Crippen LogP contribution in [0.15, 0.2) is 67.0 Å². The van der Waals surface area contributed by atoms with Crippen LogP contribution in [0.4, 0.5) is 5.69 Å². The normalized spacial score (nSPS) is 10.3. The van der Waals surface area contributed by atoms with E-state index in [1.54, 1.807) is 24.5 Å². The first-order valence-corrected chi connectivity index (χ1v) is 8.14. The van der Waals surface area contributed by atoms with Gasteiger partial charge in [0.1, 0.15) is 11.5 Å². The van der Waals surface area contributed by atoms with Gasteiger partial charge in [0, 0.05) is 18.1 Å². The van der Waals surface area contributed by atoms with Crippen LogP contribution in [0, 0.1) is 13.8 Å². The largest absolute Gasteiger partial charge is 0.457 e. The Morgan fingerprint density at radius 1 is 0.960 bits per heavy atom. The second-order valence-corrected chi connectivity index (χ2v) is 5.96. The number of aromatic nitrogens is 1. The summed E-state index contributed by atoms with van der Waals surface area (Å²) < 4.78 is 5.71. The van der Waals surface area contributed by atoms with Crippen LogP contribution in [0.1, 0.15) is 16.7 Å². The fourth-order valence-electron chi connectivity index (χ4n) is 2.52. The number of benzene rings is 2. The summed E-state index contributed by atoms with van der Waals surface area (Å²) in [6.07, 6.45) is 3.72. The van der Waals surface area contributed by atoms with Crippen LogP contribution in [0.25, 0.3) is 0 Å². The fraction of sp³-hybridized carbons (Fsp3) is 0.143. The summed E-state index contributed by atoms with van der Waals surface area (Å²) in [6.45, 7) is 4.05. The lowest BCUT2D eigenvalue weighted by atomic mass is 10.0. The van der Waals surface area contributed by atoms with E-state index >= 15 is 0 Å². The van der Waals surface area contributed by atoms with Gasteiger partial charge < -0.3 is 10.1 Å². The lowest BCUT2D eigenvalue weighted by molar-refractivity contribution is -0.115. The van der Waals surface area contributed by atoms with E-state index in [0.717, 1.165) is 28.1 Å². The Balaban J connectivity index is 1.61. The highest BCUT2D eigenvalue weighted by molar-refractivity contribution is 5.92. The van der Waals surface area contributed by atoms with Crippen LogP contribution < -0.4 is 10.1 Å². The van der Waals surface area contributed by atoms with Crippen molar-refractivity contribution in [2.75, 3.05) is 5.32 Å². The maximum atomic E-state index is 12.3. The predicted molar refractivity (Wildman–Crippen MR) is 99.0 cm³/mol. The Morgan fingerprint density at radius 2 is 1.64 bits per heavy atom. The lowest BCUT2D eigenvalue weighted by Crippen LogP contribution is -2.15. The van der Waals surface area contributed by atoms with E-state index in [1.807, 2.05) is 44.2 Å². The first-order chi connectivity index (χ1) is 12.1. The molecule has 0 radical (unpaired) electrons. The molecule has 4 heteroatoms. The Kier molecular flexibility index (Phi) is 5.09. The van der Waals surface area contributed by atoms with Gasteiger partial charge in [-0.15, -0.1) is 0 Å². The number of anilines is 1. The molecule has 3 aromatic rings. The van der Waals surface area contributed by atoms with Gasteiger partial charge in [0.2, 0.25) is 5.91 Å². The summed E-state index contributed by atoms with van der Waals surface area (Å²) in [4.78, 5) is 16.2. The van der Waals surface area contributed by atoms with Gasteiger partial charge in [-0.25, -0.2) is 0 Å². The first-order valence-electron chi connectivity index (χ1n) is 8.14. The van der Waals surface area contributed by atoms with Crippen LogP contribution in [-0.4, -0.2) is 10.9 Å². The highest BCUT2D eigenvalue weighted by Gasteiger charge is 2.07. The topological polar surface area (TPSA) is 51.2 Å². The molecular weight excluding hydrogens is 312 g/mol. The summed E-state index contributed by atoms with van der Waals surface area (Å²) in [5.41, 5.74) is 4.08. The zero-order chi connectivity index (χ0) is 17.6. The summed E-state index contributed by atoms with van der Waals surface area (Å²) in [5, 5.41) is 2.92. The molecule has 1 amide bonds. The molecule has 3 rings (SSSR count). The van der Waals surface area contributed by atoms with Gasteiger partial charge in [-0.1, -0.05) is 23.8 Å². The molecule has 0 aliphatic heterocycles. The molecule has 0 fully saturated rings. The third-order valence-corrected chi connectivity index (χ3v) is 3.88. The minimum Gasteiger partial charge on any atom is -0.457 e. The zero-order valence-corrected chi connectivity index (χ0v) is 14.3. The highest BCUT2D eigenvalue weighted by Crippen LogP contribution is 2.22. The third-order valence-electron chi connectivity index (χ3n) is 3.88. The number of hydrogen-bond donors (Lipinski definition) is 1. The molecule has 25 heavy (non-hydrogen) atoms. The van der Waals surface area contributed by atoms with E-state index in [-0.39, 0.29) is 5.91 Å². The molecule has 0 saturated carbocycles. The molecule has 0 bridgehead atoms. The maximum absolute atomic E-state index is 12.3. The van der Waals surface area contributed by atoms with Crippen molar-refractivity contribution in [1.82, 2.24) is 4.98 Å². The van der Waals surface area contributed by atoms with Gasteiger partial charge in [-0.2, -0.15) is 0 Å². The average Bonchev–Trinajstić information content (AvgIpc) is 2.61. The minimum absolute atomic E-state index is 0.0310. The number of pyridine rings is 1. The van der Waals surface area contributed by atoms with Crippen LogP contribution in [-0.2, 0) is 11.2 Å². The van der Waals surface area contributed by atoms with Gasteiger partial charge in [0.05, 0.1) is 6.42 Å². The number of carbonyl (C=O) groups excluding carboxylic acids is 1. The van der Waals surface area contributed by atoms with Gasteiger partial charge in [-0.3, -0.25) is 9.78 Å². The molecule has 2 aromatic carbocycles. The average molecular weight is 332 g/mol. The Morgan fingerprint density at radius 3 is 2.36 bits per heavy atom. The second kappa shape index (κ2) is 7.62. The number of ether oxygens (including phenoxy) is 1. The Labute approximate surface area is 147 Å². The monoisotopic (exact) mass is 332 g/mol. The quantitative estimate of drug-likeness (QED) is 0.738. The molecule has 0 saturated heterocycles. The molecule has 0 atom stereocenters.